The minimum absolute atomic E-state index is 0.00972. The van der Waals surface area contributed by atoms with E-state index in [0.29, 0.717) is 39.1 Å². The molecule has 5 nitrogen and oxygen atoms in total. The quantitative estimate of drug-likeness (QED) is 0.911. The molecule has 3 heterocycles. The minimum atomic E-state index is 0.00972. The van der Waals surface area contributed by atoms with Crippen LogP contribution in [0.1, 0.15) is 12.2 Å². The summed E-state index contributed by atoms with van der Waals surface area (Å²) in [5, 5.41) is 11.3. The number of aryl methyl sites for hydroxylation is 1. The third kappa shape index (κ3) is 4.22. The van der Waals surface area contributed by atoms with Crippen LogP contribution < -0.4 is 0 Å². The van der Waals surface area contributed by atoms with Crippen molar-refractivity contribution in [3.63, 3.8) is 0 Å². The third-order valence-corrected chi connectivity index (χ3v) is 4.84. The highest BCUT2D eigenvalue weighted by Gasteiger charge is 2.22. The fourth-order valence-electron chi connectivity index (χ4n) is 2.67. The van der Waals surface area contributed by atoms with Gasteiger partial charge in [-0.05, 0) is 23.6 Å². The molecule has 23 heavy (non-hydrogen) atoms. The van der Waals surface area contributed by atoms with Gasteiger partial charge in [0.2, 0.25) is 5.91 Å². The molecular formula is C17H21NO4S. The van der Waals surface area contributed by atoms with E-state index >= 15 is 0 Å². The Hall–Kier alpha value is -1.63. The average Bonchev–Trinajstić information content (AvgIpc) is 3.19. The van der Waals surface area contributed by atoms with Gasteiger partial charge in [0.25, 0.3) is 0 Å². The number of aliphatic hydroxyl groups excluding tert-OH is 1. The van der Waals surface area contributed by atoms with Crippen molar-refractivity contribution in [1.82, 2.24) is 4.90 Å². The van der Waals surface area contributed by atoms with Gasteiger partial charge < -0.3 is 19.2 Å². The van der Waals surface area contributed by atoms with Crippen LogP contribution in [-0.2, 0) is 16.0 Å². The number of hydrogen-bond acceptors (Lipinski definition) is 5. The second-order valence-electron chi connectivity index (χ2n) is 5.71. The number of nitrogens with zero attached hydrogens (tertiary/aromatic N) is 1. The van der Waals surface area contributed by atoms with Gasteiger partial charge in [-0.3, -0.25) is 4.79 Å². The van der Waals surface area contributed by atoms with Crippen molar-refractivity contribution >= 4 is 17.2 Å². The summed E-state index contributed by atoms with van der Waals surface area (Å²) < 4.78 is 11.2. The molecule has 124 valence electrons. The average molecular weight is 335 g/mol. The highest BCUT2D eigenvalue weighted by Crippen LogP contribution is 2.27. The second kappa shape index (κ2) is 7.77. The van der Waals surface area contributed by atoms with E-state index in [1.54, 1.807) is 16.2 Å². The van der Waals surface area contributed by atoms with E-state index in [2.05, 4.69) is 0 Å². The SMILES string of the molecule is O=C(CCc1ccc(-c2cccs2)o1)N1CCOCC(CO)C1. The number of carbonyl (C=O) groups excluding carboxylic acids is 1. The van der Waals surface area contributed by atoms with Gasteiger partial charge in [-0.2, -0.15) is 0 Å². The van der Waals surface area contributed by atoms with E-state index in [4.69, 9.17) is 9.15 Å². The van der Waals surface area contributed by atoms with Gasteiger partial charge in [-0.25, -0.2) is 0 Å². The number of aliphatic hydroxyl groups is 1. The predicted octanol–water partition coefficient (Wildman–Crippen LogP) is 2.41. The van der Waals surface area contributed by atoms with Crippen molar-refractivity contribution in [3.8, 4) is 10.6 Å². The van der Waals surface area contributed by atoms with Gasteiger partial charge in [0.1, 0.15) is 11.5 Å². The van der Waals surface area contributed by atoms with Crippen LogP contribution in [0.4, 0.5) is 0 Å². The van der Waals surface area contributed by atoms with Crippen molar-refractivity contribution in [2.45, 2.75) is 12.8 Å². The Morgan fingerprint density at radius 2 is 2.30 bits per heavy atom. The first-order valence-corrected chi connectivity index (χ1v) is 8.73. The first kappa shape index (κ1) is 16.2. The lowest BCUT2D eigenvalue weighted by Crippen LogP contribution is -2.36. The number of furan rings is 1. The maximum absolute atomic E-state index is 12.4. The van der Waals surface area contributed by atoms with Crippen molar-refractivity contribution in [3.05, 3.63) is 35.4 Å². The Morgan fingerprint density at radius 1 is 1.39 bits per heavy atom. The van der Waals surface area contributed by atoms with Crippen molar-refractivity contribution in [2.24, 2.45) is 5.92 Å². The topological polar surface area (TPSA) is 62.9 Å². The molecule has 1 N–H and O–H groups in total. The summed E-state index contributed by atoms with van der Waals surface area (Å²) in [6, 6.07) is 7.90. The van der Waals surface area contributed by atoms with E-state index < -0.39 is 0 Å². The first-order chi connectivity index (χ1) is 11.3. The Morgan fingerprint density at radius 3 is 3.09 bits per heavy atom. The predicted molar refractivity (Wildman–Crippen MR) is 88.3 cm³/mol. The molecule has 1 amide bonds. The molecule has 0 bridgehead atoms. The molecule has 1 fully saturated rings. The highest BCUT2D eigenvalue weighted by atomic mass is 32.1. The Balaban J connectivity index is 1.54. The van der Waals surface area contributed by atoms with Crippen LogP contribution in [-0.4, -0.2) is 48.8 Å². The minimum Gasteiger partial charge on any atom is -0.460 e. The first-order valence-electron chi connectivity index (χ1n) is 7.85. The maximum atomic E-state index is 12.4. The summed E-state index contributed by atoms with van der Waals surface area (Å²) in [4.78, 5) is 15.3. The zero-order valence-corrected chi connectivity index (χ0v) is 13.8. The van der Waals surface area contributed by atoms with Crippen LogP contribution >= 0.6 is 11.3 Å². The van der Waals surface area contributed by atoms with Crippen LogP contribution in [0.2, 0.25) is 0 Å². The highest BCUT2D eigenvalue weighted by molar-refractivity contribution is 7.13. The van der Waals surface area contributed by atoms with Gasteiger partial charge in [-0.15, -0.1) is 11.3 Å². The van der Waals surface area contributed by atoms with Crippen LogP contribution in [0.25, 0.3) is 10.6 Å². The molecule has 0 radical (unpaired) electrons. The molecule has 2 aromatic heterocycles. The van der Waals surface area contributed by atoms with Crippen LogP contribution in [0.5, 0.6) is 0 Å². The number of amides is 1. The molecule has 1 atom stereocenters. The summed E-state index contributed by atoms with van der Waals surface area (Å²) in [7, 11) is 0. The molecule has 1 aliphatic rings. The number of ether oxygens (including phenoxy) is 1. The molecular weight excluding hydrogens is 314 g/mol. The maximum Gasteiger partial charge on any atom is 0.223 e. The summed E-state index contributed by atoms with van der Waals surface area (Å²) in [5.41, 5.74) is 0. The third-order valence-electron chi connectivity index (χ3n) is 3.96. The van der Waals surface area contributed by atoms with Gasteiger partial charge >= 0.3 is 0 Å². The van der Waals surface area contributed by atoms with Crippen LogP contribution in [0.3, 0.4) is 0 Å². The fraction of sp³-hybridized carbons (Fsp3) is 0.471. The smallest absolute Gasteiger partial charge is 0.223 e. The summed E-state index contributed by atoms with van der Waals surface area (Å²) in [6.45, 7) is 2.25. The molecule has 6 heteroatoms. The Kier molecular flexibility index (Phi) is 5.48. The van der Waals surface area contributed by atoms with E-state index in [9.17, 15) is 9.90 Å². The molecule has 2 aromatic rings. The van der Waals surface area contributed by atoms with Gasteiger partial charge in [-0.1, -0.05) is 6.07 Å². The van der Waals surface area contributed by atoms with Gasteiger partial charge in [0.15, 0.2) is 0 Å². The Bertz CT molecular complexity index is 622. The largest absolute Gasteiger partial charge is 0.460 e. The van der Waals surface area contributed by atoms with E-state index in [1.165, 1.54) is 0 Å². The zero-order valence-electron chi connectivity index (χ0n) is 12.9. The lowest BCUT2D eigenvalue weighted by atomic mass is 10.1. The molecule has 0 saturated carbocycles. The number of carbonyl (C=O) groups is 1. The van der Waals surface area contributed by atoms with Crippen molar-refractivity contribution in [2.75, 3.05) is 32.9 Å². The van der Waals surface area contributed by atoms with E-state index in [0.717, 1.165) is 16.4 Å². The molecule has 1 saturated heterocycles. The summed E-state index contributed by atoms with van der Waals surface area (Å²) >= 11 is 1.64. The van der Waals surface area contributed by atoms with E-state index in [1.807, 2.05) is 29.6 Å². The van der Waals surface area contributed by atoms with Crippen LogP contribution in [0.15, 0.2) is 34.1 Å². The van der Waals surface area contributed by atoms with Crippen LogP contribution in [0, 0.1) is 5.92 Å². The number of thiophene rings is 1. The molecule has 0 spiro atoms. The monoisotopic (exact) mass is 335 g/mol. The second-order valence-corrected chi connectivity index (χ2v) is 6.65. The zero-order chi connectivity index (χ0) is 16.1. The van der Waals surface area contributed by atoms with Gasteiger partial charge in [0.05, 0.1) is 18.1 Å². The molecule has 3 rings (SSSR count). The lowest BCUT2D eigenvalue weighted by Gasteiger charge is -2.22. The summed E-state index contributed by atoms with van der Waals surface area (Å²) in [5.74, 6) is 1.77. The normalized spacial score (nSPS) is 18.8. The standard InChI is InChI=1S/C17H21NO4S/c19-11-13-10-18(7-8-21-12-13)17(20)6-4-14-3-5-15(22-14)16-2-1-9-23-16/h1-3,5,9,13,19H,4,6-8,10-12H2. The van der Waals surface area contributed by atoms with Gasteiger partial charge in [0, 0.05) is 38.5 Å². The number of hydrogen-bond donors (Lipinski definition) is 1. The van der Waals surface area contributed by atoms with E-state index in [-0.39, 0.29) is 18.4 Å². The molecule has 0 aliphatic carbocycles. The molecule has 1 unspecified atom stereocenters. The lowest BCUT2D eigenvalue weighted by molar-refractivity contribution is -0.131. The fourth-order valence-corrected chi connectivity index (χ4v) is 3.36. The summed E-state index contributed by atoms with van der Waals surface area (Å²) in [6.07, 6.45) is 1.00. The van der Waals surface area contributed by atoms with Crippen molar-refractivity contribution in [1.29, 1.82) is 0 Å². The molecule has 0 aromatic carbocycles. The Labute approximate surface area is 139 Å². The van der Waals surface area contributed by atoms with Crippen molar-refractivity contribution < 1.29 is 19.1 Å². The number of rotatable bonds is 5. The molecule has 1 aliphatic heterocycles.